The van der Waals surface area contributed by atoms with Gasteiger partial charge in [-0.05, 0) is 46.5 Å². The first kappa shape index (κ1) is 30.0. The minimum atomic E-state index is -0.781. The van der Waals surface area contributed by atoms with E-state index >= 15 is 0 Å². The van der Waals surface area contributed by atoms with Crippen LogP contribution in [0.2, 0.25) is 10.0 Å². The Kier molecular flexibility index (Phi) is 10.7. The number of nitrogens with one attached hydrogen (secondary N) is 1. The molecular weight excluding hydrogens is 559 g/mol. The predicted octanol–water partition coefficient (Wildman–Crippen LogP) is 6.51. The summed E-state index contributed by atoms with van der Waals surface area (Å²) in [4.78, 5) is 29.5. The number of nitrogens with zero attached hydrogens (tertiary/aromatic N) is 1. The van der Waals surface area contributed by atoms with E-state index in [1.807, 2.05) is 66.7 Å². The van der Waals surface area contributed by atoms with Crippen molar-refractivity contribution < 1.29 is 19.1 Å². The van der Waals surface area contributed by atoms with E-state index in [-0.39, 0.29) is 31.3 Å². The van der Waals surface area contributed by atoms with Crippen LogP contribution in [0.3, 0.4) is 0 Å². The quantitative estimate of drug-likeness (QED) is 0.204. The van der Waals surface area contributed by atoms with Crippen molar-refractivity contribution in [3.8, 4) is 11.5 Å². The molecule has 1 atom stereocenters. The molecule has 0 aromatic heterocycles. The molecule has 0 aliphatic carbocycles. The molecule has 0 heterocycles. The molecule has 1 unspecified atom stereocenters. The highest BCUT2D eigenvalue weighted by Gasteiger charge is 2.30. The van der Waals surface area contributed by atoms with Gasteiger partial charge in [-0.15, -0.1) is 0 Å². The monoisotopic (exact) mass is 590 g/mol. The van der Waals surface area contributed by atoms with Gasteiger partial charge in [0.15, 0.2) is 11.5 Å². The molecule has 0 bridgehead atoms. The average Bonchev–Trinajstić information content (AvgIpc) is 2.99. The van der Waals surface area contributed by atoms with Crippen LogP contribution in [0.25, 0.3) is 0 Å². The lowest BCUT2D eigenvalue weighted by atomic mass is 10.0. The highest BCUT2D eigenvalue weighted by molar-refractivity contribution is 6.35. The summed E-state index contributed by atoms with van der Waals surface area (Å²) in [6.07, 6.45) is 0.417. The second-order valence-electron chi connectivity index (χ2n) is 9.53. The minimum absolute atomic E-state index is 0.0781. The maximum atomic E-state index is 14.0. The molecule has 0 saturated heterocycles. The normalized spacial score (nSPS) is 11.4. The Bertz CT molecular complexity index is 1470. The van der Waals surface area contributed by atoms with Crippen molar-refractivity contribution in [2.24, 2.45) is 0 Å². The predicted molar refractivity (Wildman–Crippen MR) is 162 cm³/mol. The molecule has 4 rings (SSSR count). The number of halogens is 2. The van der Waals surface area contributed by atoms with E-state index in [1.54, 1.807) is 49.5 Å². The van der Waals surface area contributed by atoms with Crippen LogP contribution in [0.15, 0.2) is 97.1 Å². The topological polar surface area (TPSA) is 67.9 Å². The maximum Gasteiger partial charge on any atom is 0.243 e. The molecule has 0 spiro atoms. The van der Waals surface area contributed by atoms with Crippen molar-refractivity contribution in [3.05, 3.63) is 129 Å². The number of hydrogen-bond acceptors (Lipinski definition) is 4. The van der Waals surface area contributed by atoms with Gasteiger partial charge in [0.25, 0.3) is 0 Å². The first-order valence-corrected chi connectivity index (χ1v) is 13.9. The molecule has 212 valence electrons. The summed E-state index contributed by atoms with van der Waals surface area (Å²) < 4.78 is 10.8. The van der Waals surface area contributed by atoms with E-state index in [9.17, 15) is 9.59 Å². The number of ether oxygens (including phenoxy) is 2. The zero-order valence-electron chi connectivity index (χ0n) is 23.0. The summed E-state index contributed by atoms with van der Waals surface area (Å²) in [5, 5.41) is 3.98. The molecule has 0 aliphatic heterocycles. The van der Waals surface area contributed by atoms with Gasteiger partial charge < -0.3 is 19.7 Å². The number of hydrogen-bond donors (Lipinski definition) is 1. The molecule has 0 aliphatic rings. The summed E-state index contributed by atoms with van der Waals surface area (Å²) in [6, 6.07) is 29.1. The van der Waals surface area contributed by atoms with Gasteiger partial charge >= 0.3 is 0 Å². The van der Waals surface area contributed by atoms with Crippen LogP contribution in [0, 0.1) is 0 Å². The van der Waals surface area contributed by atoms with Crippen molar-refractivity contribution in [1.82, 2.24) is 10.2 Å². The standard InChI is InChI=1S/C33H32Cl2N2O4/c1-40-30-16-13-25(18-31(30)41-2)19-32(38)37(22-24-11-7-4-8-12-24)29(17-23-9-5-3-6-10-23)33(39)36-21-26-14-15-27(34)20-28(26)35/h3-16,18,20,29H,17,19,21-22H2,1-2H3,(H,36,39). The zero-order valence-corrected chi connectivity index (χ0v) is 24.5. The van der Waals surface area contributed by atoms with E-state index in [0.29, 0.717) is 28.0 Å². The number of methoxy groups -OCH3 is 2. The molecule has 0 saturated carbocycles. The largest absolute Gasteiger partial charge is 0.493 e. The van der Waals surface area contributed by atoms with E-state index in [4.69, 9.17) is 32.7 Å². The highest BCUT2D eigenvalue weighted by atomic mass is 35.5. The molecule has 4 aromatic rings. The van der Waals surface area contributed by atoms with Crippen LogP contribution in [0.5, 0.6) is 11.5 Å². The van der Waals surface area contributed by atoms with Crippen molar-refractivity contribution in [2.45, 2.75) is 32.0 Å². The Morgan fingerprint density at radius 2 is 1.44 bits per heavy atom. The molecule has 6 nitrogen and oxygen atoms in total. The summed E-state index contributed by atoms with van der Waals surface area (Å²) in [5.41, 5.74) is 3.33. The maximum absolute atomic E-state index is 14.0. The zero-order chi connectivity index (χ0) is 29.2. The van der Waals surface area contributed by atoms with Crippen molar-refractivity contribution in [3.63, 3.8) is 0 Å². The van der Waals surface area contributed by atoms with Gasteiger partial charge in [-0.1, -0.05) is 96.0 Å². The lowest BCUT2D eigenvalue weighted by molar-refractivity contribution is -0.140. The average molecular weight is 592 g/mol. The minimum Gasteiger partial charge on any atom is -0.493 e. The Morgan fingerprint density at radius 3 is 2.07 bits per heavy atom. The summed E-state index contributed by atoms with van der Waals surface area (Å²) in [5.74, 6) is 0.635. The van der Waals surface area contributed by atoms with Gasteiger partial charge in [-0.3, -0.25) is 9.59 Å². The molecule has 0 radical (unpaired) electrons. The van der Waals surface area contributed by atoms with Gasteiger partial charge in [0, 0.05) is 29.6 Å². The Morgan fingerprint density at radius 1 is 0.780 bits per heavy atom. The van der Waals surface area contributed by atoms with Crippen LogP contribution < -0.4 is 14.8 Å². The fourth-order valence-electron chi connectivity index (χ4n) is 4.57. The number of amides is 2. The van der Waals surface area contributed by atoms with Crippen molar-refractivity contribution in [1.29, 1.82) is 0 Å². The third-order valence-electron chi connectivity index (χ3n) is 6.74. The van der Waals surface area contributed by atoms with Gasteiger partial charge in [0.1, 0.15) is 6.04 Å². The van der Waals surface area contributed by atoms with Crippen LogP contribution in [-0.2, 0) is 35.5 Å². The van der Waals surface area contributed by atoms with Crippen LogP contribution in [0.1, 0.15) is 22.3 Å². The number of rotatable bonds is 12. The van der Waals surface area contributed by atoms with Crippen LogP contribution >= 0.6 is 23.2 Å². The smallest absolute Gasteiger partial charge is 0.243 e. The third kappa shape index (κ3) is 8.26. The highest BCUT2D eigenvalue weighted by Crippen LogP contribution is 2.28. The van der Waals surface area contributed by atoms with E-state index in [0.717, 1.165) is 22.3 Å². The van der Waals surface area contributed by atoms with E-state index in [1.165, 1.54) is 0 Å². The first-order valence-electron chi connectivity index (χ1n) is 13.2. The first-order chi connectivity index (χ1) is 19.9. The second-order valence-corrected chi connectivity index (χ2v) is 10.4. The SMILES string of the molecule is COc1ccc(CC(=O)N(Cc2ccccc2)C(Cc2ccccc2)C(=O)NCc2ccc(Cl)cc2Cl)cc1OC. The van der Waals surface area contributed by atoms with Crippen molar-refractivity contribution >= 4 is 35.0 Å². The number of carbonyl (C=O) groups is 2. The van der Waals surface area contributed by atoms with Gasteiger partial charge in [0.05, 0.1) is 20.6 Å². The summed E-state index contributed by atoms with van der Waals surface area (Å²) in [6.45, 7) is 0.461. The van der Waals surface area contributed by atoms with Gasteiger partial charge in [-0.2, -0.15) is 0 Å². The molecule has 1 N–H and O–H groups in total. The molecule has 8 heteroatoms. The second kappa shape index (κ2) is 14.6. The molecular formula is C33H32Cl2N2O4. The fraction of sp³-hybridized carbons (Fsp3) is 0.212. The summed E-state index contributed by atoms with van der Waals surface area (Å²) >= 11 is 12.4. The molecule has 4 aromatic carbocycles. The lowest BCUT2D eigenvalue weighted by Crippen LogP contribution is -2.50. The third-order valence-corrected chi connectivity index (χ3v) is 7.33. The van der Waals surface area contributed by atoms with E-state index < -0.39 is 6.04 Å². The molecule has 41 heavy (non-hydrogen) atoms. The summed E-state index contributed by atoms with van der Waals surface area (Å²) in [7, 11) is 3.12. The number of benzene rings is 4. The van der Waals surface area contributed by atoms with Crippen molar-refractivity contribution in [2.75, 3.05) is 14.2 Å². The van der Waals surface area contributed by atoms with Gasteiger partial charge in [0.2, 0.25) is 11.8 Å². The lowest BCUT2D eigenvalue weighted by Gasteiger charge is -2.32. The Hall–Kier alpha value is -4.00. The Balaban J connectivity index is 1.66. The Labute approximate surface area is 250 Å². The van der Waals surface area contributed by atoms with Crippen LogP contribution in [-0.4, -0.2) is 37.0 Å². The molecule has 2 amide bonds. The van der Waals surface area contributed by atoms with Crippen LogP contribution in [0.4, 0.5) is 0 Å². The molecule has 0 fully saturated rings. The fourth-order valence-corrected chi connectivity index (χ4v) is 5.04. The van der Waals surface area contributed by atoms with E-state index in [2.05, 4.69) is 5.32 Å². The number of carbonyl (C=O) groups excluding carboxylic acids is 2. The van der Waals surface area contributed by atoms with Gasteiger partial charge in [-0.25, -0.2) is 0 Å².